The second kappa shape index (κ2) is 6.85. The molecule has 0 saturated carbocycles. The number of nitrogens with one attached hydrogen (secondary N) is 1. The highest BCUT2D eigenvalue weighted by Crippen LogP contribution is 2.33. The molecule has 0 amide bonds. The predicted molar refractivity (Wildman–Crippen MR) is 80.0 cm³/mol. The summed E-state index contributed by atoms with van der Waals surface area (Å²) in [6, 6.07) is 4.23. The number of rotatable bonds is 5. The Balaban J connectivity index is 2.19. The molecule has 106 valence electrons. The van der Waals surface area contributed by atoms with Crippen molar-refractivity contribution in [3.8, 4) is 11.6 Å². The van der Waals surface area contributed by atoms with E-state index in [0.29, 0.717) is 22.1 Å². The summed E-state index contributed by atoms with van der Waals surface area (Å²) in [6.45, 7) is 2.81. The topological polar surface area (TPSA) is 47.0 Å². The van der Waals surface area contributed by atoms with Gasteiger partial charge in [0.05, 0.1) is 9.50 Å². The van der Waals surface area contributed by atoms with E-state index in [1.807, 2.05) is 6.92 Å². The van der Waals surface area contributed by atoms with Crippen LogP contribution in [0, 0.1) is 5.82 Å². The molecule has 0 aliphatic carbocycles. The summed E-state index contributed by atoms with van der Waals surface area (Å²) in [7, 11) is 0. The van der Waals surface area contributed by atoms with Crippen LogP contribution in [0.1, 0.15) is 13.3 Å². The maximum atomic E-state index is 13.4. The number of anilines is 1. The van der Waals surface area contributed by atoms with Gasteiger partial charge < -0.3 is 10.1 Å². The molecule has 0 saturated heterocycles. The zero-order chi connectivity index (χ0) is 14.5. The number of hydrogen-bond acceptors (Lipinski definition) is 4. The molecule has 2 rings (SSSR count). The molecule has 0 atom stereocenters. The Morgan fingerprint density at radius 3 is 3.00 bits per heavy atom. The SMILES string of the molecule is CCCNc1nccc(Oc2cc(F)c(Cl)cc2Br)n1. The fraction of sp³-hybridized carbons (Fsp3) is 0.231. The Hall–Kier alpha value is -1.40. The average Bonchev–Trinajstić information content (AvgIpc) is 2.43. The summed E-state index contributed by atoms with van der Waals surface area (Å²) in [5, 5.41) is 3.07. The molecule has 0 unspecified atom stereocenters. The summed E-state index contributed by atoms with van der Waals surface area (Å²) in [5.74, 6) is 0.534. The molecule has 7 heteroatoms. The van der Waals surface area contributed by atoms with Crippen molar-refractivity contribution in [1.82, 2.24) is 9.97 Å². The molecule has 20 heavy (non-hydrogen) atoms. The van der Waals surface area contributed by atoms with Gasteiger partial charge in [0.2, 0.25) is 11.8 Å². The van der Waals surface area contributed by atoms with Crippen molar-refractivity contribution in [2.75, 3.05) is 11.9 Å². The Bertz CT molecular complexity index is 612. The van der Waals surface area contributed by atoms with Crippen molar-refractivity contribution in [2.45, 2.75) is 13.3 Å². The van der Waals surface area contributed by atoms with Crippen LogP contribution in [0.2, 0.25) is 5.02 Å². The van der Waals surface area contributed by atoms with E-state index in [0.717, 1.165) is 13.0 Å². The molecule has 1 N–H and O–H groups in total. The van der Waals surface area contributed by atoms with Gasteiger partial charge in [-0.15, -0.1) is 0 Å². The molecule has 2 aromatic rings. The minimum absolute atomic E-state index is 0.0252. The minimum Gasteiger partial charge on any atom is -0.438 e. The zero-order valence-electron chi connectivity index (χ0n) is 10.7. The lowest BCUT2D eigenvalue weighted by molar-refractivity contribution is 0.454. The van der Waals surface area contributed by atoms with E-state index < -0.39 is 5.82 Å². The van der Waals surface area contributed by atoms with Crippen molar-refractivity contribution in [3.05, 3.63) is 39.7 Å². The third-order valence-corrected chi connectivity index (χ3v) is 3.26. The van der Waals surface area contributed by atoms with Crippen LogP contribution in [0.25, 0.3) is 0 Å². The van der Waals surface area contributed by atoms with Gasteiger partial charge in [-0.25, -0.2) is 9.37 Å². The zero-order valence-corrected chi connectivity index (χ0v) is 13.0. The van der Waals surface area contributed by atoms with Gasteiger partial charge in [-0.1, -0.05) is 18.5 Å². The molecule has 0 spiro atoms. The third kappa shape index (κ3) is 3.80. The van der Waals surface area contributed by atoms with Crippen LogP contribution in [-0.4, -0.2) is 16.5 Å². The monoisotopic (exact) mass is 359 g/mol. The van der Waals surface area contributed by atoms with Gasteiger partial charge in [0.25, 0.3) is 0 Å². The van der Waals surface area contributed by atoms with Crippen LogP contribution < -0.4 is 10.1 Å². The molecule has 1 aromatic carbocycles. The third-order valence-electron chi connectivity index (χ3n) is 2.35. The predicted octanol–water partition coefficient (Wildman–Crippen LogP) is 4.65. The standard InChI is InChI=1S/C13H12BrClFN3O/c1-2-4-17-13-18-5-3-12(19-13)20-11-7-10(16)9(15)6-8(11)14/h3,5-7H,2,4H2,1H3,(H,17,18,19). The summed E-state index contributed by atoms with van der Waals surface area (Å²) < 4.78 is 19.5. The number of halogens is 3. The Morgan fingerprint density at radius 2 is 2.25 bits per heavy atom. The van der Waals surface area contributed by atoms with E-state index in [1.165, 1.54) is 12.1 Å². The number of nitrogens with zero attached hydrogens (tertiary/aromatic N) is 2. The van der Waals surface area contributed by atoms with Gasteiger partial charge in [0.1, 0.15) is 11.6 Å². The highest BCUT2D eigenvalue weighted by atomic mass is 79.9. The summed E-state index contributed by atoms with van der Waals surface area (Å²) >= 11 is 8.94. The number of ether oxygens (including phenoxy) is 1. The first kappa shape index (κ1) is 15.0. The van der Waals surface area contributed by atoms with Crippen molar-refractivity contribution >= 4 is 33.5 Å². The molecule has 0 aliphatic heterocycles. The van der Waals surface area contributed by atoms with Crippen LogP contribution in [0.5, 0.6) is 11.6 Å². The maximum absolute atomic E-state index is 13.4. The lowest BCUT2D eigenvalue weighted by Gasteiger charge is -2.09. The molecule has 0 aliphatic rings. The average molecular weight is 361 g/mol. The van der Waals surface area contributed by atoms with Crippen molar-refractivity contribution in [2.24, 2.45) is 0 Å². The first-order valence-electron chi connectivity index (χ1n) is 5.99. The molecule has 0 radical (unpaired) electrons. The second-order valence-electron chi connectivity index (χ2n) is 3.94. The smallest absolute Gasteiger partial charge is 0.225 e. The molecule has 0 bridgehead atoms. The number of aromatic nitrogens is 2. The second-order valence-corrected chi connectivity index (χ2v) is 5.21. The van der Waals surface area contributed by atoms with Crippen LogP contribution in [0.3, 0.4) is 0 Å². The highest BCUT2D eigenvalue weighted by molar-refractivity contribution is 9.10. The molecule has 4 nitrogen and oxygen atoms in total. The van der Waals surface area contributed by atoms with Crippen molar-refractivity contribution in [3.63, 3.8) is 0 Å². The Morgan fingerprint density at radius 1 is 1.45 bits per heavy atom. The van der Waals surface area contributed by atoms with Crippen molar-refractivity contribution < 1.29 is 9.13 Å². The molecular weight excluding hydrogens is 349 g/mol. The Labute approximate surface area is 129 Å². The Kier molecular flexibility index (Phi) is 5.14. The minimum atomic E-state index is -0.553. The van der Waals surface area contributed by atoms with Gasteiger partial charge in [-0.3, -0.25) is 0 Å². The van der Waals surface area contributed by atoms with E-state index >= 15 is 0 Å². The van der Waals surface area contributed by atoms with Gasteiger partial charge in [0, 0.05) is 24.9 Å². The fourth-order valence-electron chi connectivity index (χ4n) is 1.42. The molecule has 1 aromatic heterocycles. The summed E-state index contributed by atoms with van der Waals surface area (Å²) in [6.07, 6.45) is 2.53. The number of hydrogen-bond donors (Lipinski definition) is 1. The van der Waals surface area contributed by atoms with Crippen LogP contribution in [-0.2, 0) is 0 Å². The number of benzene rings is 1. The molecular formula is C13H12BrClFN3O. The summed E-state index contributed by atoms with van der Waals surface area (Å²) in [5.41, 5.74) is 0. The normalized spacial score (nSPS) is 10.4. The van der Waals surface area contributed by atoms with E-state index in [2.05, 4.69) is 31.2 Å². The molecule has 0 fully saturated rings. The lowest BCUT2D eigenvalue weighted by atomic mass is 10.3. The first-order valence-corrected chi connectivity index (χ1v) is 7.16. The first-order chi connectivity index (χ1) is 9.60. The largest absolute Gasteiger partial charge is 0.438 e. The quantitative estimate of drug-likeness (QED) is 0.789. The van der Waals surface area contributed by atoms with Crippen LogP contribution >= 0.6 is 27.5 Å². The molecule has 1 heterocycles. The van der Waals surface area contributed by atoms with Gasteiger partial charge in [-0.2, -0.15) is 4.98 Å². The van der Waals surface area contributed by atoms with E-state index in [-0.39, 0.29) is 5.02 Å². The summed E-state index contributed by atoms with van der Waals surface area (Å²) in [4.78, 5) is 8.24. The lowest BCUT2D eigenvalue weighted by Crippen LogP contribution is -2.04. The van der Waals surface area contributed by atoms with Gasteiger partial charge in [-0.05, 0) is 28.4 Å². The van der Waals surface area contributed by atoms with Gasteiger partial charge >= 0.3 is 0 Å². The van der Waals surface area contributed by atoms with Crippen molar-refractivity contribution in [1.29, 1.82) is 0 Å². The maximum Gasteiger partial charge on any atom is 0.225 e. The van der Waals surface area contributed by atoms with Crippen LogP contribution in [0.4, 0.5) is 10.3 Å². The van der Waals surface area contributed by atoms with E-state index in [1.54, 1.807) is 12.3 Å². The van der Waals surface area contributed by atoms with E-state index in [9.17, 15) is 4.39 Å². The highest BCUT2D eigenvalue weighted by Gasteiger charge is 2.10. The fourth-order valence-corrected chi connectivity index (χ4v) is 2.14. The van der Waals surface area contributed by atoms with Crippen LogP contribution in [0.15, 0.2) is 28.9 Å². The van der Waals surface area contributed by atoms with Gasteiger partial charge in [0.15, 0.2) is 0 Å². The van der Waals surface area contributed by atoms with E-state index in [4.69, 9.17) is 16.3 Å².